The van der Waals surface area contributed by atoms with E-state index in [1.54, 1.807) is 6.07 Å². The van der Waals surface area contributed by atoms with Crippen molar-refractivity contribution in [3.8, 4) is 5.75 Å². The van der Waals surface area contributed by atoms with E-state index in [1.807, 2.05) is 58.0 Å². The van der Waals surface area contributed by atoms with Gasteiger partial charge in [-0.3, -0.25) is 9.59 Å². The fourth-order valence-electron chi connectivity index (χ4n) is 4.33. The second-order valence-electron chi connectivity index (χ2n) is 8.67. The summed E-state index contributed by atoms with van der Waals surface area (Å²) in [5.74, 6) is -1.10. The normalized spacial score (nSPS) is 17.8. The summed E-state index contributed by atoms with van der Waals surface area (Å²) in [7, 11) is 1.53. The van der Waals surface area contributed by atoms with Gasteiger partial charge in [0.1, 0.15) is 11.5 Å². The molecule has 1 saturated heterocycles. The van der Waals surface area contributed by atoms with E-state index >= 15 is 0 Å². The van der Waals surface area contributed by atoms with Crippen LogP contribution in [-0.2, 0) is 20.7 Å². The van der Waals surface area contributed by atoms with Crippen LogP contribution in [0.15, 0.2) is 42.0 Å². The van der Waals surface area contributed by atoms with Gasteiger partial charge in [0.25, 0.3) is 11.7 Å². The first kappa shape index (κ1) is 24.5. The predicted molar refractivity (Wildman–Crippen MR) is 128 cm³/mol. The van der Waals surface area contributed by atoms with Gasteiger partial charge in [0.2, 0.25) is 0 Å². The number of carbonyl (C=O) groups is 2. The van der Waals surface area contributed by atoms with Gasteiger partial charge in [-0.1, -0.05) is 37.3 Å². The molecule has 1 aliphatic rings. The van der Waals surface area contributed by atoms with Gasteiger partial charge in [0.15, 0.2) is 0 Å². The number of Topliss-reactive ketones (excluding diaryl/α,β-unsaturated/α-hetero) is 1. The molecule has 1 amide bonds. The number of nitrogens with zero attached hydrogens (tertiary/aromatic N) is 1. The molecule has 33 heavy (non-hydrogen) atoms. The third-order valence-corrected chi connectivity index (χ3v) is 5.91. The molecule has 176 valence electrons. The van der Waals surface area contributed by atoms with Crippen molar-refractivity contribution in [2.24, 2.45) is 0 Å². The number of hydrogen-bond acceptors (Lipinski definition) is 5. The minimum Gasteiger partial charge on any atom is -0.507 e. The molecule has 0 bridgehead atoms. The molecule has 6 nitrogen and oxygen atoms in total. The van der Waals surface area contributed by atoms with Crippen LogP contribution < -0.4 is 4.74 Å². The lowest BCUT2D eigenvalue weighted by molar-refractivity contribution is -0.140. The summed E-state index contributed by atoms with van der Waals surface area (Å²) < 4.78 is 11.2. The Hall–Kier alpha value is -3.12. The van der Waals surface area contributed by atoms with Crippen molar-refractivity contribution in [2.75, 3.05) is 20.3 Å². The highest BCUT2D eigenvalue weighted by Crippen LogP contribution is 2.41. The number of benzene rings is 2. The van der Waals surface area contributed by atoms with Crippen LogP contribution in [0.2, 0.25) is 0 Å². The van der Waals surface area contributed by atoms with Crippen LogP contribution in [0.4, 0.5) is 0 Å². The SMILES string of the molecule is CCc1ccc(C2/C(=C(\O)c3cc(C)cc(C)c3OC)C(=O)C(=O)N2CCOC(C)C)cc1. The number of carbonyl (C=O) groups excluding carboxylic acids is 2. The maximum absolute atomic E-state index is 13.2. The minimum absolute atomic E-state index is 0.00337. The van der Waals surface area contributed by atoms with Gasteiger partial charge in [-0.25, -0.2) is 0 Å². The van der Waals surface area contributed by atoms with Gasteiger partial charge >= 0.3 is 0 Å². The number of ketones is 1. The van der Waals surface area contributed by atoms with Crippen molar-refractivity contribution in [2.45, 2.75) is 53.2 Å². The lowest BCUT2D eigenvalue weighted by Crippen LogP contribution is -2.33. The zero-order chi connectivity index (χ0) is 24.3. The average Bonchev–Trinajstić information content (AvgIpc) is 3.03. The van der Waals surface area contributed by atoms with Crippen LogP contribution >= 0.6 is 0 Å². The first-order valence-electron chi connectivity index (χ1n) is 11.3. The molecule has 1 aliphatic heterocycles. The number of ether oxygens (including phenoxy) is 2. The molecule has 0 radical (unpaired) electrons. The first-order chi connectivity index (χ1) is 15.7. The molecular weight excluding hydrogens is 418 g/mol. The molecule has 0 spiro atoms. The Morgan fingerprint density at radius 2 is 1.79 bits per heavy atom. The number of likely N-dealkylation sites (tertiary alicyclic amines) is 1. The molecule has 1 unspecified atom stereocenters. The van der Waals surface area contributed by atoms with E-state index in [-0.39, 0.29) is 24.0 Å². The van der Waals surface area contributed by atoms with E-state index in [1.165, 1.54) is 12.0 Å². The highest BCUT2D eigenvalue weighted by Gasteiger charge is 2.46. The number of rotatable bonds is 8. The third-order valence-electron chi connectivity index (χ3n) is 5.91. The number of aliphatic hydroxyl groups excluding tert-OH is 1. The Morgan fingerprint density at radius 3 is 2.36 bits per heavy atom. The van der Waals surface area contributed by atoms with Gasteiger partial charge < -0.3 is 19.5 Å². The Labute approximate surface area is 195 Å². The van der Waals surface area contributed by atoms with Crippen molar-refractivity contribution in [1.82, 2.24) is 4.90 Å². The Bertz CT molecular complexity index is 1070. The molecule has 1 atom stereocenters. The summed E-state index contributed by atoms with van der Waals surface area (Å²) in [6, 6.07) is 10.8. The van der Waals surface area contributed by atoms with E-state index in [4.69, 9.17) is 9.47 Å². The summed E-state index contributed by atoms with van der Waals surface area (Å²) in [5, 5.41) is 11.4. The minimum atomic E-state index is -0.711. The van der Waals surface area contributed by atoms with Gasteiger partial charge in [0.05, 0.1) is 37.0 Å². The largest absolute Gasteiger partial charge is 0.507 e. The van der Waals surface area contributed by atoms with Gasteiger partial charge in [-0.2, -0.15) is 0 Å². The molecule has 0 aromatic heterocycles. The van der Waals surface area contributed by atoms with Crippen LogP contribution in [0.25, 0.3) is 5.76 Å². The molecule has 1 fully saturated rings. The van der Waals surface area contributed by atoms with Crippen molar-refractivity contribution >= 4 is 17.4 Å². The summed E-state index contributed by atoms with van der Waals surface area (Å²) in [6.45, 7) is 10.2. The number of methoxy groups -OCH3 is 1. The zero-order valence-electron chi connectivity index (χ0n) is 20.3. The lowest BCUT2D eigenvalue weighted by Gasteiger charge is -2.26. The fraction of sp³-hybridized carbons (Fsp3) is 0.407. The smallest absolute Gasteiger partial charge is 0.295 e. The van der Waals surface area contributed by atoms with Crippen molar-refractivity contribution in [1.29, 1.82) is 0 Å². The second kappa shape index (κ2) is 10.2. The van der Waals surface area contributed by atoms with Crippen LogP contribution in [0.5, 0.6) is 5.75 Å². The van der Waals surface area contributed by atoms with Crippen LogP contribution in [0, 0.1) is 13.8 Å². The quantitative estimate of drug-likeness (QED) is 0.357. The highest BCUT2D eigenvalue weighted by atomic mass is 16.5. The topological polar surface area (TPSA) is 76.1 Å². The first-order valence-corrected chi connectivity index (χ1v) is 11.3. The van der Waals surface area contributed by atoms with Crippen molar-refractivity contribution < 1.29 is 24.2 Å². The summed E-state index contributed by atoms with van der Waals surface area (Å²) >= 11 is 0. The molecule has 1 N–H and O–H groups in total. The van der Waals surface area contributed by atoms with E-state index in [2.05, 4.69) is 6.92 Å². The Morgan fingerprint density at radius 1 is 1.12 bits per heavy atom. The van der Waals surface area contributed by atoms with E-state index in [0.717, 1.165) is 28.7 Å². The standard InChI is InChI=1S/C27H33NO5/c1-7-19-8-10-20(11-9-19)23-22(25(30)27(31)28(23)12-13-33-16(2)3)24(29)21-15-17(4)14-18(5)26(21)32-6/h8-11,14-16,23,29H,7,12-13H2,1-6H3/b24-22+. The molecule has 0 aliphatic carbocycles. The lowest BCUT2D eigenvalue weighted by atomic mass is 9.93. The average molecular weight is 452 g/mol. The zero-order valence-corrected chi connectivity index (χ0v) is 20.3. The molecule has 0 saturated carbocycles. The fourth-order valence-corrected chi connectivity index (χ4v) is 4.33. The number of aliphatic hydroxyl groups is 1. The van der Waals surface area contributed by atoms with Crippen molar-refractivity contribution in [3.05, 3.63) is 69.8 Å². The van der Waals surface area contributed by atoms with E-state index in [0.29, 0.717) is 17.9 Å². The van der Waals surface area contributed by atoms with Crippen LogP contribution in [0.1, 0.15) is 54.6 Å². The number of aryl methyl sites for hydroxylation is 3. The van der Waals surface area contributed by atoms with Gasteiger partial charge in [-0.05, 0) is 62.4 Å². The Kier molecular flexibility index (Phi) is 7.59. The van der Waals surface area contributed by atoms with Crippen LogP contribution in [0.3, 0.4) is 0 Å². The molecule has 1 heterocycles. The molecule has 2 aromatic rings. The van der Waals surface area contributed by atoms with Crippen molar-refractivity contribution in [3.63, 3.8) is 0 Å². The van der Waals surface area contributed by atoms with Crippen LogP contribution in [-0.4, -0.2) is 48.1 Å². The maximum Gasteiger partial charge on any atom is 0.295 e. The summed E-state index contributed by atoms with van der Waals surface area (Å²) in [6.07, 6.45) is 0.881. The van der Waals surface area contributed by atoms with Gasteiger partial charge in [0, 0.05) is 6.54 Å². The summed E-state index contributed by atoms with van der Waals surface area (Å²) in [5.41, 5.74) is 4.13. The monoisotopic (exact) mass is 451 g/mol. The van der Waals surface area contributed by atoms with E-state index in [9.17, 15) is 14.7 Å². The van der Waals surface area contributed by atoms with Gasteiger partial charge in [-0.15, -0.1) is 0 Å². The highest BCUT2D eigenvalue weighted by molar-refractivity contribution is 6.46. The molecule has 3 rings (SSSR count). The Balaban J connectivity index is 2.18. The third kappa shape index (κ3) is 4.96. The summed E-state index contributed by atoms with van der Waals surface area (Å²) in [4.78, 5) is 27.8. The molecule has 2 aromatic carbocycles. The number of amides is 1. The number of hydrogen-bond donors (Lipinski definition) is 1. The molecular formula is C27H33NO5. The maximum atomic E-state index is 13.2. The van der Waals surface area contributed by atoms with E-state index < -0.39 is 17.7 Å². The molecule has 6 heteroatoms. The second-order valence-corrected chi connectivity index (χ2v) is 8.67. The predicted octanol–water partition coefficient (Wildman–Crippen LogP) is 4.72.